The lowest BCUT2D eigenvalue weighted by Gasteiger charge is -2.01. The van der Waals surface area contributed by atoms with Crippen LogP contribution in [-0.2, 0) is 0 Å². The summed E-state index contributed by atoms with van der Waals surface area (Å²) in [4.78, 5) is 22.6. The zero-order valence-corrected chi connectivity index (χ0v) is 13.8. The number of benzene rings is 2. The molecule has 8 nitrogen and oxygen atoms in total. The standard InChI is InChI=1S/C18H15N5O3/c1-12(13-6-3-2-4-7-13)19-22-18(24)17-11-16(20-21-17)14-8-5-9-15(10-14)23(25)26/h2-11H,1H3,(H,20,21)(H,22,24)/b19-12-. The van der Waals surface area contributed by atoms with Crippen LogP contribution in [0.4, 0.5) is 5.69 Å². The number of aromatic nitrogens is 2. The molecule has 0 saturated carbocycles. The third kappa shape index (κ3) is 3.81. The second kappa shape index (κ2) is 7.39. The van der Waals surface area contributed by atoms with E-state index in [1.54, 1.807) is 19.1 Å². The molecule has 0 radical (unpaired) electrons. The van der Waals surface area contributed by atoms with Gasteiger partial charge in [-0.05, 0) is 18.6 Å². The van der Waals surface area contributed by atoms with E-state index in [0.717, 1.165) is 5.56 Å². The van der Waals surface area contributed by atoms with Crippen LogP contribution in [0.3, 0.4) is 0 Å². The van der Waals surface area contributed by atoms with Crippen LogP contribution in [-0.4, -0.2) is 26.7 Å². The van der Waals surface area contributed by atoms with Gasteiger partial charge in [0.2, 0.25) is 0 Å². The quantitative estimate of drug-likeness (QED) is 0.418. The average Bonchev–Trinajstić information content (AvgIpc) is 3.17. The maximum Gasteiger partial charge on any atom is 0.289 e. The zero-order chi connectivity index (χ0) is 18.5. The van der Waals surface area contributed by atoms with E-state index in [9.17, 15) is 14.9 Å². The molecule has 0 atom stereocenters. The summed E-state index contributed by atoms with van der Waals surface area (Å²) in [6, 6.07) is 17.0. The summed E-state index contributed by atoms with van der Waals surface area (Å²) in [5, 5.41) is 21.6. The first-order chi connectivity index (χ1) is 12.5. The lowest BCUT2D eigenvalue weighted by molar-refractivity contribution is -0.384. The van der Waals surface area contributed by atoms with Crippen molar-refractivity contribution in [2.24, 2.45) is 5.10 Å². The molecule has 130 valence electrons. The first-order valence-corrected chi connectivity index (χ1v) is 7.75. The summed E-state index contributed by atoms with van der Waals surface area (Å²) >= 11 is 0. The molecule has 0 saturated heterocycles. The van der Waals surface area contributed by atoms with Crippen LogP contribution in [0.2, 0.25) is 0 Å². The fourth-order valence-electron chi connectivity index (χ4n) is 2.30. The maximum absolute atomic E-state index is 12.2. The molecular formula is C18H15N5O3. The number of carbonyl (C=O) groups excluding carboxylic acids is 1. The zero-order valence-electron chi connectivity index (χ0n) is 13.8. The molecule has 3 rings (SSSR count). The van der Waals surface area contributed by atoms with Crippen LogP contribution in [0.25, 0.3) is 11.3 Å². The summed E-state index contributed by atoms with van der Waals surface area (Å²) in [5.41, 5.74) is 5.16. The lowest BCUT2D eigenvalue weighted by Crippen LogP contribution is -2.19. The molecule has 1 aromatic heterocycles. The third-order valence-electron chi connectivity index (χ3n) is 3.69. The number of nitro groups is 1. The van der Waals surface area contributed by atoms with Gasteiger partial charge < -0.3 is 0 Å². The van der Waals surface area contributed by atoms with E-state index in [1.165, 1.54) is 18.2 Å². The number of non-ortho nitro benzene ring substituents is 1. The minimum Gasteiger partial charge on any atom is -0.272 e. The summed E-state index contributed by atoms with van der Waals surface area (Å²) < 4.78 is 0. The molecule has 26 heavy (non-hydrogen) atoms. The number of hydrogen-bond donors (Lipinski definition) is 2. The Morgan fingerprint density at radius 3 is 2.65 bits per heavy atom. The highest BCUT2D eigenvalue weighted by atomic mass is 16.6. The van der Waals surface area contributed by atoms with Gasteiger partial charge in [0.05, 0.1) is 16.3 Å². The number of hydrazone groups is 1. The predicted octanol–water partition coefficient (Wildman–Crippen LogP) is 3.14. The van der Waals surface area contributed by atoms with E-state index in [0.29, 0.717) is 17.0 Å². The average molecular weight is 349 g/mol. The van der Waals surface area contributed by atoms with Crippen molar-refractivity contribution in [1.82, 2.24) is 15.6 Å². The Bertz CT molecular complexity index is 979. The van der Waals surface area contributed by atoms with Crippen molar-refractivity contribution in [3.63, 3.8) is 0 Å². The number of nitrogens with zero attached hydrogens (tertiary/aromatic N) is 3. The Balaban J connectivity index is 1.74. The molecule has 2 aromatic carbocycles. The summed E-state index contributed by atoms with van der Waals surface area (Å²) in [5.74, 6) is -0.454. The van der Waals surface area contributed by atoms with E-state index in [-0.39, 0.29) is 11.4 Å². The highest BCUT2D eigenvalue weighted by Gasteiger charge is 2.13. The third-order valence-corrected chi connectivity index (χ3v) is 3.69. The Labute approximate surface area is 148 Å². The monoisotopic (exact) mass is 349 g/mol. The molecule has 1 heterocycles. The Kier molecular flexibility index (Phi) is 4.84. The van der Waals surface area contributed by atoms with Crippen molar-refractivity contribution in [3.8, 4) is 11.3 Å². The van der Waals surface area contributed by atoms with Crippen molar-refractivity contribution >= 4 is 17.3 Å². The van der Waals surface area contributed by atoms with Crippen molar-refractivity contribution in [2.45, 2.75) is 6.92 Å². The highest BCUT2D eigenvalue weighted by molar-refractivity contribution is 6.00. The molecule has 0 spiro atoms. The van der Waals surface area contributed by atoms with E-state index in [4.69, 9.17) is 0 Å². The second-order valence-corrected chi connectivity index (χ2v) is 5.48. The molecule has 0 aliphatic heterocycles. The minimum atomic E-state index is -0.481. The van der Waals surface area contributed by atoms with Gasteiger partial charge >= 0.3 is 0 Å². The van der Waals surface area contributed by atoms with Gasteiger partial charge in [-0.2, -0.15) is 10.2 Å². The number of nitro benzene ring substituents is 1. The topological polar surface area (TPSA) is 113 Å². The van der Waals surface area contributed by atoms with Gasteiger partial charge in [-0.15, -0.1) is 0 Å². The van der Waals surface area contributed by atoms with Crippen LogP contribution in [0, 0.1) is 10.1 Å². The second-order valence-electron chi connectivity index (χ2n) is 5.48. The molecule has 1 amide bonds. The van der Waals surface area contributed by atoms with Gasteiger partial charge in [0, 0.05) is 17.7 Å². The van der Waals surface area contributed by atoms with Gasteiger partial charge in [-0.25, -0.2) is 5.43 Å². The SMILES string of the molecule is C/C(=N/NC(=O)c1cc(-c2cccc([N+](=O)[O-])c2)n[nH]1)c1ccccc1. The van der Waals surface area contributed by atoms with E-state index in [1.807, 2.05) is 30.3 Å². The molecule has 3 aromatic rings. The maximum atomic E-state index is 12.2. The molecule has 8 heteroatoms. The minimum absolute atomic E-state index is 0.0420. The van der Waals surface area contributed by atoms with Crippen LogP contribution >= 0.6 is 0 Å². The van der Waals surface area contributed by atoms with Gasteiger partial charge in [0.1, 0.15) is 5.69 Å². The molecule has 0 aliphatic rings. The van der Waals surface area contributed by atoms with Gasteiger partial charge in [0.15, 0.2) is 0 Å². The van der Waals surface area contributed by atoms with Gasteiger partial charge in [0.25, 0.3) is 11.6 Å². The fraction of sp³-hybridized carbons (Fsp3) is 0.0556. The highest BCUT2D eigenvalue weighted by Crippen LogP contribution is 2.22. The first-order valence-electron chi connectivity index (χ1n) is 7.75. The van der Waals surface area contributed by atoms with E-state index >= 15 is 0 Å². The lowest BCUT2D eigenvalue weighted by atomic mass is 10.1. The van der Waals surface area contributed by atoms with E-state index in [2.05, 4.69) is 20.7 Å². The van der Waals surface area contributed by atoms with Crippen molar-refractivity contribution in [3.05, 3.63) is 82.0 Å². The van der Waals surface area contributed by atoms with Crippen molar-refractivity contribution < 1.29 is 9.72 Å². The van der Waals surface area contributed by atoms with E-state index < -0.39 is 10.8 Å². The Hall–Kier alpha value is -3.81. The first kappa shape index (κ1) is 17.0. The number of nitrogens with one attached hydrogen (secondary N) is 2. The van der Waals surface area contributed by atoms with Gasteiger partial charge in [-0.1, -0.05) is 42.5 Å². The molecular weight excluding hydrogens is 334 g/mol. The Morgan fingerprint density at radius 2 is 1.92 bits per heavy atom. The number of rotatable bonds is 5. The van der Waals surface area contributed by atoms with Gasteiger partial charge in [-0.3, -0.25) is 20.0 Å². The molecule has 0 aliphatic carbocycles. The molecule has 0 fully saturated rings. The largest absolute Gasteiger partial charge is 0.289 e. The number of H-pyrrole nitrogens is 1. The predicted molar refractivity (Wildman–Crippen MR) is 96.8 cm³/mol. The normalized spacial score (nSPS) is 11.2. The van der Waals surface area contributed by atoms with Crippen molar-refractivity contribution in [2.75, 3.05) is 0 Å². The fourth-order valence-corrected chi connectivity index (χ4v) is 2.30. The van der Waals surface area contributed by atoms with Crippen LogP contribution in [0.5, 0.6) is 0 Å². The number of aromatic amines is 1. The smallest absolute Gasteiger partial charge is 0.272 e. The van der Waals surface area contributed by atoms with Crippen molar-refractivity contribution in [1.29, 1.82) is 0 Å². The Morgan fingerprint density at radius 1 is 1.15 bits per heavy atom. The summed E-state index contributed by atoms with van der Waals surface area (Å²) in [7, 11) is 0. The van der Waals surface area contributed by atoms with Crippen LogP contribution in [0.15, 0.2) is 65.8 Å². The number of amides is 1. The molecule has 0 bridgehead atoms. The van der Waals surface area contributed by atoms with Crippen LogP contribution < -0.4 is 5.43 Å². The summed E-state index contributed by atoms with van der Waals surface area (Å²) in [6.45, 7) is 1.79. The number of hydrogen-bond acceptors (Lipinski definition) is 5. The van der Waals surface area contributed by atoms with Crippen LogP contribution in [0.1, 0.15) is 23.0 Å². The number of carbonyl (C=O) groups is 1. The molecule has 2 N–H and O–H groups in total. The molecule has 0 unspecified atom stereocenters. The summed E-state index contributed by atoms with van der Waals surface area (Å²) in [6.07, 6.45) is 0.